The fourth-order valence-corrected chi connectivity index (χ4v) is 1.09. The van der Waals surface area contributed by atoms with Crippen molar-refractivity contribution in [2.75, 3.05) is 0 Å². The molecule has 0 aromatic carbocycles. The molecule has 0 nitrogen and oxygen atoms in total. The molecule has 0 atom stereocenters. The lowest BCUT2D eigenvalue weighted by Gasteiger charge is -1.96. The van der Waals surface area contributed by atoms with Gasteiger partial charge in [0.2, 0.25) is 0 Å². The van der Waals surface area contributed by atoms with Crippen LogP contribution in [0.3, 0.4) is 0 Å². The zero-order valence-corrected chi connectivity index (χ0v) is 8.18. The Morgan fingerprint density at radius 2 is 2.11 bits per heavy atom. The molecule has 0 fully saturated rings. The highest BCUT2D eigenvalue weighted by Crippen LogP contribution is 2.17. The molecule has 0 saturated heterocycles. The first-order valence-corrected chi connectivity index (χ1v) is 4.48. The molecule has 0 spiro atoms. The van der Waals surface area contributed by atoms with Crippen LogP contribution in [0.1, 0.15) is 26.7 Å². The molecule has 1 aliphatic rings. The topological polar surface area (TPSA) is 0 Å². The minimum atomic E-state index is 1.23. The van der Waals surface area contributed by atoms with Crippen molar-refractivity contribution < 1.29 is 0 Å². The standard InChI is InChI=1S/C6H7I.C2H6/c7-6-4-2-1-3-5-6;1-2/h1-2,4H,3,5H2;1-2H3. The van der Waals surface area contributed by atoms with E-state index in [1.807, 2.05) is 13.8 Å². The van der Waals surface area contributed by atoms with Crippen LogP contribution in [0.2, 0.25) is 0 Å². The van der Waals surface area contributed by atoms with Gasteiger partial charge in [0.15, 0.2) is 0 Å². The smallest absolute Gasteiger partial charge is 0.00911 e. The molecule has 0 radical (unpaired) electrons. The molecule has 0 aromatic heterocycles. The first-order valence-electron chi connectivity index (χ1n) is 3.41. The Bertz CT molecular complexity index is 112. The van der Waals surface area contributed by atoms with Crippen molar-refractivity contribution in [2.45, 2.75) is 26.7 Å². The molecule has 0 heterocycles. The van der Waals surface area contributed by atoms with Gasteiger partial charge in [-0.2, -0.15) is 0 Å². The fraction of sp³-hybridized carbons (Fsp3) is 0.500. The van der Waals surface area contributed by atoms with Gasteiger partial charge >= 0.3 is 0 Å². The van der Waals surface area contributed by atoms with Gasteiger partial charge in [-0.25, -0.2) is 0 Å². The maximum absolute atomic E-state index is 2.37. The molecule has 0 bridgehead atoms. The summed E-state index contributed by atoms with van der Waals surface area (Å²) in [6.45, 7) is 4.00. The molecule has 0 aliphatic heterocycles. The van der Waals surface area contributed by atoms with Gasteiger partial charge in [0.1, 0.15) is 0 Å². The molecule has 0 amide bonds. The molecule has 0 unspecified atom stereocenters. The summed E-state index contributed by atoms with van der Waals surface area (Å²) >= 11 is 2.37. The van der Waals surface area contributed by atoms with Gasteiger partial charge in [-0.3, -0.25) is 0 Å². The second-order valence-electron chi connectivity index (χ2n) is 1.58. The van der Waals surface area contributed by atoms with Gasteiger partial charge in [-0.05, 0) is 39.0 Å². The summed E-state index contributed by atoms with van der Waals surface area (Å²) in [6.07, 6.45) is 8.95. The van der Waals surface area contributed by atoms with Crippen LogP contribution in [0.25, 0.3) is 0 Å². The summed E-state index contributed by atoms with van der Waals surface area (Å²) < 4.78 is 1.47. The Balaban J connectivity index is 0.000000291. The van der Waals surface area contributed by atoms with Crippen molar-refractivity contribution in [2.24, 2.45) is 0 Å². The van der Waals surface area contributed by atoms with E-state index >= 15 is 0 Å². The van der Waals surface area contributed by atoms with E-state index in [0.29, 0.717) is 0 Å². The average molecular weight is 236 g/mol. The molecule has 9 heavy (non-hydrogen) atoms. The minimum Gasteiger partial charge on any atom is -0.0842 e. The molecule has 0 aromatic rings. The highest BCUT2D eigenvalue weighted by Gasteiger charge is 1.90. The van der Waals surface area contributed by atoms with Crippen molar-refractivity contribution in [1.29, 1.82) is 0 Å². The fourth-order valence-electron chi connectivity index (χ4n) is 0.573. The Morgan fingerprint density at radius 3 is 2.33 bits per heavy atom. The normalized spacial score (nSPS) is 15.7. The summed E-state index contributed by atoms with van der Waals surface area (Å²) in [7, 11) is 0. The lowest BCUT2D eigenvalue weighted by molar-refractivity contribution is 1.03. The van der Waals surface area contributed by atoms with E-state index in [1.54, 1.807) is 0 Å². The Hall–Kier alpha value is 0.210. The summed E-state index contributed by atoms with van der Waals surface area (Å²) in [4.78, 5) is 0. The highest BCUT2D eigenvalue weighted by molar-refractivity contribution is 14.1. The van der Waals surface area contributed by atoms with Crippen molar-refractivity contribution in [3.8, 4) is 0 Å². The van der Waals surface area contributed by atoms with Gasteiger partial charge in [0.05, 0.1) is 0 Å². The number of allylic oxidation sites excluding steroid dienone is 4. The van der Waals surface area contributed by atoms with Crippen molar-refractivity contribution in [1.82, 2.24) is 0 Å². The van der Waals surface area contributed by atoms with Gasteiger partial charge in [0.25, 0.3) is 0 Å². The number of halogens is 1. The Morgan fingerprint density at radius 1 is 1.44 bits per heavy atom. The second-order valence-corrected chi connectivity index (χ2v) is 2.97. The van der Waals surface area contributed by atoms with E-state index in [4.69, 9.17) is 0 Å². The lowest BCUT2D eigenvalue weighted by Crippen LogP contribution is -1.74. The summed E-state index contributed by atoms with van der Waals surface area (Å²) in [5.74, 6) is 0. The van der Waals surface area contributed by atoms with Crippen LogP contribution in [0.5, 0.6) is 0 Å². The number of hydrogen-bond acceptors (Lipinski definition) is 0. The first-order chi connectivity index (χ1) is 4.39. The summed E-state index contributed by atoms with van der Waals surface area (Å²) in [6, 6.07) is 0. The van der Waals surface area contributed by atoms with E-state index in [2.05, 4.69) is 40.8 Å². The maximum atomic E-state index is 2.37. The first kappa shape index (κ1) is 9.21. The zero-order chi connectivity index (χ0) is 7.11. The lowest BCUT2D eigenvalue weighted by atomic mass is 10.2. The highest BCUT2D eigenvalue weighted by atomic mass is 127. The second kappa shape index (κ2) is 6.33. The van der Waals surface area contributed by atoms with E-state index < -0.39 is 0 Å². The third-order valence-corrected chi connectivity index (χ3v) is 1.86. The molecule has 1 rings (SSSR count). The van der Waals surface area contributed by atoms with Crippen LogP contribution >= 0.6 is 22.6 Å². The van der Waals surface area contributed by atoms with Crippen LogP contribution in [-0.4, -0.2) is 0 Å². The van der Waals surface area contributed by atoms with Crippen LogP contribution < -0.4 is 0 Å². The quantitative estimate of drug-likeness (QED) is 0.563. The van der Waals surface area contributed by atoms with E-state index in [1.165, 1.54) is 16.4 Å². The van der Waals surface area contributed by atoms with Crippen LogP contribution in [0, 0.1) is 0 Å². The molecule has 1 aliphatic carbocycles. The molecule has 0 N–H and O–H groups in total. The molecule has 1 heteroatoms. The SMILES string of the molecule is CC.IC1=CC=CCC1. The molecular formula is C8H13I. The van der Waals surface area contributed by atoms with Gasteiger partial charge in [0, 0.05) is 0 Å². The average Bonchev–Trinajstić information content (AvgIpc) is 1.94. The van der Waals surface area contributed by atoms with Crippen molar-refractivity contribution >= 4 is 22.6 Å². The predicted octanol–water partition coefficient (Wildman–Crippen LogP) is 3.68. The Kier molecular flexibility index (Phi) is 6.48. The number of hydrogen-bond donors (Lipinski definition) is 0. The van der Waals surface area contributed by atoms with E-state index in [0.717, 1.165) is 0 Å². The van der Waals surface area contributed by atoms with Gasteiger partial charge in [-0.1, -0.05) is 32.1 Å². The number of rotatable bonds is 0. The Labute approximate surface area is 71.2 Å². The van der Waals surface area contributed by atoms with Crippen molar-refractivity contribution in [3.63, 3.8) is 0 Å². The summed E-state index contributed by atoms with van der Waals surface area (Å²) in [5.41, 5.74) is 0. The largest absolute Gasteiger partial charge is 0.0842 e. The predicted molar refractivity (Wildman–Crippen MR) is 51.8 cm³/mol. The molecule has 52 valence electrons. The van der Waals surface area contributed by atoms with Crippen LogP contribution in [-0.2, 0) is 0 Å². The third kappa shape index (κ3) is 4.70. The van der Waals surface area contributed by atoms with E-state index in [9.17, 15) is 0 Å². The maximum Gasteiger partial charge on any atom is -0.00911 e. The minimum absolute atomic E-state index is 1.23. The van der Waals surface area contributed by atoms with Gasteiger partial charge in [-0.15, -0.1) is 0 Å². The monoisotopic (exact) mass is 236 g/mol. The van der Waals surface area contributed by atoms with Crippen LogP contribution in [0.15, 0.2) is 21.8 Å². The summed E-state index contributed by atoms with van der Waals surface area (Å²) in [5, 5.41) is 0. The van der Waals surface area contributed by atoms with Gasteiger partial charge < -0.3 is 0 Å². The molecular weight excluding hydrogens is 223 g/mol. The van der Waals surface area contributed by atoms with Crippen LogP contribution in [0.4, 0.5) is 0 Å². The molecule has 0 saturated carbocycles. The zero-order valence-electron chi connectivity index (χ0n) is 6.02. The van der Waals surface area contributed by atoms with E-state index in [-0.39, 0.29) is 0 Å². The van der Waals surface area contributed by atoms with Crippen molar-refractivity contribution in [3.05, 3.63) is 21.8 Å². The third-order valence-electron chi connectivity index (χ3n) is 0.963.